The van der Waals surface area contributed by atoms with E-state index in [0.717, 1.165) is 22.0 Å². The molecule has 1 aliphatic rings. The quantitative estimate of drug-likeness (QED) is 0.945. The predicted octanol–water partition coefficient (Wildman–Crippen LogP) is 2.97. The number of rotatable bonds is 3. The van der Waals surface area contributed by atoms with Crippen LogP contribution in [0.15, 0.2) is 23.6 Å². The van der Waals surface area contributed by atoms with Crippen molar-refractivity contribution in [2.45, 2.75) is 19.9 Å². The third-order valence-corrected chi connectivity index (χ3v) is 4.58. The Hall–Kier alpha value is -1.59. The molecule has 21 heavy (non-hydrogen) atoms. The number of nitrogens with zero attached hydrogens (tertiary/aromatic N) is 1. The molecule has 1 atom stereocenters. The van der Waals surface area contributed by atoms with Gasteiger partial charge in [-0.2, -0.15) is 0 Å². The van der Waals surface area contributed by atoms with Crippen molar-refractivity contribution in [2.75, 3.05) is 6.61 Å². The number of hydrogen-bond acceptors (Lipinski definition) is 4. The van der Waals surface area contributed by atoms with Crippen LogP contribution in [0.3, 0.4) is 0 Å². The van der Waals surface area contributed by atoms with Gasteiger partial charge in [-0.3, -0.25) is 4.79 Å². The van der Waals surface area contributed by atoms with Gasteiger partial charge >= 0.3 is 0 Å². The highest BCUT2D eigenvalue weighted by atomic mass is 35.5. The number of ether oxygens (including phenoxy) is 1. The number of aryl methyl sites for hydroxylation is 1. The van der Waals surface area contributed by atoms with E-state index < -0.39 is 0 Å². The van der Waals surface area contributed by atoms with Crippen molar-refractivity contribution in [1.29, 1.82) is 0 Å². The number of thiazole rings is 1. The number of carbonyl (C=O) groups is 1. The topological polar surface area (TPSA) is 51.2 Å². The zero-order valence-electron chi connectivity index (χ0n) is 11.6. The van der Waals surface area contributed by atoms with Crippen molar-refractivity contribution in [1.82, 2.24) is 10.3 Å². The fraction of sp³-hybridized carbons (Fsp3) is 0.333. The van der Waals surface area contributed by atoms with Crippen LogP contribution in [0.4, 0.5) is 0 Å². The fourth-order valence-corrected chi connectivity index (χ4v) is 3.23. The van der Waals surface area contributed by atoms with Gasteiger partial charge in [-0.1, -0.05) is 11.6 Å². The van der Waals surface area contributed by atoms with E-state index in [2.05, 4.69) is 10.3 Å². The normalized spacial score (nSPS) is 17.0. The lowest BCUT2D eigenvalue weighted by Crippen LogP contribution is -2.37. The Morgan fingerprint density at radius 1 is 1.57 bits per heavy atom. The first kappa shape index (κ1) is 14.4. The van der Waals surface area contributed by atoms with E-state index in [1.54, 1.807) is 17.4 Å². The molecule has 2 heterocycles. The molecule has 0 fully saturated rings. The summed E-state index contributed by atoms with van der Waals surface area (Å²) < 4.78 is 5.64. The van der Waals surface area contributed by atoms with Crippen LogP contribution in [0.1, 0.15) is 16.3 Å². The molecule has 0 radical (unpaired) electrons. The molecule has 1 aromatic heterocycles. The predicted molar refractivity (Wildman–Crippen MR) is 82.8 cm³/mol. The van der Waals surface area contributed by atoms with Gasteiger partial charge in [-0.15, -0.1) is 11.3 Å². The molecule has 0 spiro atoms. The first-order chi connectivity index (χ1) is 10.1. The minimum atomic E-state index is -0.183. The Morgan fingerprint density at radius 2 is 2.43 bits per heavy atom. The summed E-state index contributed by atoms with van der Waals surface area (Å²) in [7, 11) is 0. The van der Waals surface area contributed by atoms with Gasteiger partial charge in [0.05, 0.1) is 12.5 Å². The van der Waals surface area contributed by atoms with E-state index in [-0.39, 0.29) is 11.8 Å². The monoisotopic (exact) mass is 322 g/mol. The number of carbonyl (C=O) groups excluding carboxylic acids is 1. The highest BCUT2D eigenvalue weighted by Crippen LogP contribution is 2.29. The molecule has 3 rings (SSSR count). The number of hydrogen-bond donors (Lipinski definition) is 1. The van der Waals surface area contributed by atoms with Crippen molar-refractivity contribution in [3.8, 4) is 5.75 Å². The third kappa shape index (κ3) is 3.36. The average molecular weight is 323 g/mol. The first-order valence-corrected chi connectivity index (χ1v) is 7.97. The third-order valence-electron chi connectivity index (χ3n) is 3.38. The van der Waals surface area contributed by atoms with Gasteiger partial charge in [0.2, 0.25) is 5.91 Å². The molecule has 6 heteroatoms. The van der Waals surface area contributed by atoms with Crippen molar-refractivity contribution in [3.63, 3.8) is 0 Å². The van der Waals surface area contributed by atoms with Gasteiger partial charge in [-0.05, 0) is 37.1 Å². The lowest BCUT2D eigenvalue weighted by Gasteiger charge is -2.24. The van der Waals surface area contributed by atoms with Crippen LogP contribution in [0.2, 0.25) is 5.02 Å². The molecule has 110 valence electrons. The Kier molecular flexibility index (Phi) is 4.12. The van der Waals surface area contributed by atoms with Gasteiger partial charge < -0.3 is 10.1 Å². The molecule has 1 N–H and O–H groups in total. The van der Waals surface area contributed by atoms with E-state index >= 15 is 0 Å². The molecular formula is C15H15ClN2O2S. The summed E-state index contributed by atoms with van der Waals surface area (Å²) in [6.07, 6.45) is 0.651. The number of halogens is 1. The summed E-state index contributed by atoms with van der Waals surface area (Å²) >= 11 is 7.54. The highest BCUT2D eigenvalue weighted by molar-refractivity contribution is 7.09. The van der Waals surface area contributed by atoms with Crippen LogP contribution in [0.25, 0.3) is 0 Å². The van der Waals surface area contributed by atoms with E-state index in [0.29, 0.717) is 24.6 Å². The first-order valence-electron chi connectivity index (χ1n) is 6.72. The van der Waals surface area contributed by atoms with E-state index in [4.69, 9.17) is 16.3 Å². The van der Waals surface area contributed by atoms with Crippen LogP contribution in [0, 0.1) is 12.8 Å². The van der Waals surface area contributed by atoms with Crippen molar-refractivity contribution < 1.29 is 9.53 Å². The molecule has 1 amide bonds. The fourth-order valence-electron chi connectivity index (χ4n) is 2.32. The lowest BCUT2D eigenvalue weighted by atomic mass is 9.96. The molecular weight excluding hydrogens is 308 g/mol. The number of amides is 1. The maximum Gasteiger partial charge on any atom is 0.227 e. The summed E-state index contributed by atoms with van der Waals surface area (Å²) in [6, 6.07) is 5.51. The van der Waals surface area contributed by atoms with E-state index in [1.165, 1.54) is 0 Å². The summed E-state index contributed by atoms with van der Waals surface area (Å²) in [4.78, 5) is 16.6. The van der Waals surface area contributed by atoms with Crippen molar-refractivity contribution >= 4 is 28.8 Å². The second-order valence-corrected chi connectivity index (χ2v) is 6.44. The molecule has 4 nitrogen and oxygen atoms in total. The van der Waals surface area contributed by atoms with Gasteiger partial charge in [-0.25, -0.2) is 4.98 Å². The second-order valence-electron chi connectivity index (χ2n) is 5.06. The van der Waals surface area contributed by atoms with Crippen LogP contribution in [-0.2, 0) is 17.8 Å². The van der Waals surface area contributed by atoms with Crippen LogP contribution in [-0.4, -0.2) is 17.5 Å². The number of nitrogens with one attached hydrogen (secondary N) is 1. The van der Waals surface area contributed by atoms with Gasteiger partial charge in [0, 0.05) is 16.1 Å². The minimum Gasteiger partial charge on any atom is -0.492 e. The highest BCUT2D eigenvalue weighted by Gasteiger charge is 2.26. The largest absolute Gasteiger partial charge is 0.492 e. The minimum absolute atomic E-state index is 0.00604. The lowest BCUT2D eigenvalue weighted by molar-refractivity contribution is -0.126. The van der Waals surface area contributed by atoms with Gasteiger partial charge in [0.1, 0.15) is 17.4 Å². The molecule has 0 saturated heterocycles. The zero-order chi connectivity index (χ0) is 14.8. The van der Waals surface area contributed by atoms with Crippen molar-refractivity contribution in [3.05, 3.63) is 44.9 Å². The number of aromatic nitrogens is 1. The molecule has 0 unspecified atom stereocenters. The number of fused-ring (bicyclic) bond motifs is 1. The average Bonchev–Trinajstić information content (AvgIpc) is 2.89. The van der Waals surface area contributed by atoms with E-state index in [9.17, 15) is 4.79 Å². The summed E-state index contributed by atoms with van der Waals surface area (Å²) in [5, 5.41) is 6.48. The maximum absolute atomic E-state index is 12.2. The molecule has 1 aliphatic heterocycles. The van der Waals surface area contributed by atoms with Crippen LogP contribution < -0.4 is 10.1 Å². The molecule has 0 saturated carbocycles. The maximum atomic E-state index is 12.2. The zero-order valence-corrected chi connectivity index (χ0v) is 13.1. The van der Waals surface area contributed by atoms with Crippen molar-refractivity contribution in [2.24, 2.45) is 5.92 Å². The van der Waals surface area contributed by atoms with Gasteiger partial charge in [0.15, 0.2) is 0 Å². The standard InChI is InChI=1S/C15H15ClN2O2S/c1-9-8-21-14(18-9)6-17-15(19)11-4-10-5-12(16)2-3-13(10)20-7-11/h2-3,5,8,11H,4,6-7H2,1H3,(H,17,19)/t11-/m0/s1. The van der Waals surface area contributed by atoms with Crippen LogP contribution in [0.5, 0.6) is 5.75 Å². The summed E-state index contributed by atoms with van der Waals surface area (Å²) in [5.41, 5.74) is 1.97. The molecule has 2 aromatic rings. The van der Waals surface area contributed by atoms with Gasteiger partial charge in [0.25, 0.3) is 0 Å². The smallest absolute Gasteiger partial charge is 0.227 e. The Bertz CT molecular complexity index is 671. The summed E-state index contributed by atoms with van der Waals surface area (Å²) in [6.45, 7) is 2.81. The Balaban J connectivity index is 1.61. The molecule has 1 aromatic carbocycles. The van der Waals surface area contributed by atoms with E-state index in [1.807, 2.05) is 24.4 Å². The molecule has 0 bridgehead atoms. The SMILES string of the molecule is Cc1csc(CNC(=O)[C@@H]2COc3ccc(Cl)cc3C2)n1. The Labute approximate surface area is 132 Å². The summed E-state index contributed by atoms with van der Waals surface area (Å²) in [5.74, 6) is 0.629. The molecule has 0 aliphatic carbocycles. The number of benzene rings is 1. The van der Waals surface area contributed by atoms with Crippen LogP contribution >= 0.6 is 22.9 Å². The Morgan fingerprint density at radius 3 is 3.19 bits per heavy atom. The second kappa shape index (κ2) is 6.03.